The van der Waals surface area contributed by atoms with Gasteiger partial charge in [-0.25, -0.2) is 8.42 Å². The summed E-state index contributed by atoms with van der Waals surface area (Å²) in [5.41, 5.74) is 1.84. The van der Waals surface area contributed by atoms with E-state index in [2.05, 4.69) is 9.82 Å². The van der Waals surface area contributed by atoms with Crippen LogP contribution in [0.25, 0.3) is 0 Å². The van der Waals surface area contributed by atoms with Crippen LogP contribution in [0.5, 0.6) is 0 Å². The van der Waals surface area contributed by atoms with Crippen LogP contribution in [0.1, 0.15) is 12.5 Å². The predicted molar refractivity (Wildman–Crippen MR) is 90.1 cm³/mol. The summed E-state index contributed by atoms with van der Waals surface area (Å²) in [4.78, 5) is -0.0783. The quantitative estimate of drug-likeness (QED) is 0.499. The molecule has 0 aliphatic rings. The van der Waals surface area contributed by atoms with Gasteiger partial charge in [-0.15, -0.1) is 0 Å². The molecule has 0 saturated carbocycles. The summed E-state index contributed by atoms with van der Waals surface area (Å²) in [6.45, 7) is 1.75. The van der Waals surface area contributed by atoms with Crippen molar-refractivity contribution >= 4 is 44.6 Å². The van der Waals surface area contributed by atoms with Crippen molar-refractivity contribution in [3.05, 3.63) is 58.1 Å². The molecular formula is C14H13Cl2N3O2S. The lowest BCUT2D eigenvalue weighted by molar-refractivity contribution is 0.601. The van der Waals surface area contributed by atoms with E-state index in [1.807, 2.05) is 0 Å². The minimum absolute atomic E-state index is 0.0783. The third-order valence-corrected chi connectivity index (χ3v) is 5.03. The van der Waals surface area contributed by atoms with Crippen LogP contribution in [0.2, 0.25) is 10.0 Å². The molecule has 0 spiro atoms. The molecule has 8 heteroatoms. The Balaban J connectivity index is 2.31. The average molecular weight is 358 g/mol. The molecule has 0 atom stereocenters. The first kappa shape index (κ1) is 16.6. The molecule has 3 N–H and O–H groups in total. The maximum absolute atomic E-state index is 12.4. The zero-order chi connectivity index (χ0) is 16.3. The Morgan fingerprint density at radius 1 is 1.14 bits per heavy atom. The molecule has 0 radical (unpaired) electrons. The second-order valence-corrected chi connectivity index (χ2v) is 6.97. The molecule has 2 aromatic carbocycles. The third-order valence-electron chi connectivity index (χ3n) is 2.93. The number of nitrogens with two attached hydrogens (primary N) is 1. The second-order valence-electron chi connectivity index (χ2n) is 4.47. The molecule has 116 valence electrons. The zero-order valence-electron chi connectivity index (χ0n) is 11.5. The van der Waals surface area contributed by atoms with Gasteiger partial charge in [0.05, 0.1) is 10.7 Å². The summed E-state index contributed by atoms with van der Waals surface area (Å²) in [6, 6.07) is 10.9. The topological polar surface area (TPSA) is 84.5 Å². The number of benzene rings is 2. The number of sulfonamides is 1. The van der Waals surface area contributed by atoms with E-state index in [1.165, 1.54) is 18.2 Å². The van der Waals surface area contributed by atoms with E-state index in [1.54, 1.807) is 31.2 Å². The number of hydrogen-bond donors (Lipinski definition) is 2. The first-order valence-corrected chi connectivity index (χ1v) is 8.40. The number of nitrogens with zero attached hydrogens (tertiary/aromatic N) is 1. The normalized spacial score (nSPS) is 12.2. The minimum Gasteiger partial charge on any atom is -0.323 e. The van der Waals surface area contributed by atoms with Crippen molar-refractivity contribution in [1.29, 1.82) is 0 Å². The summed E-state index contributed by atoms with van der Waals surface area (Å²) in [7, 11) is -3.83. The molecule has 0 aliphatic carbocycles. The Labute approximate surface area is 138 Å². The van der Waals surface area contributed by atoms with Gasteiger partial charge >= 0.3 is 0 Å². The van der Waals surface area contributed by atoms with Crippen molar-refractivity contribution < 1.29 is 8.42 Å². The Bertz CT molecular complexity index is 818. The Morgan fingerprint density at radius 3 is 2.36 bits per heavy atom. The van der Waals surface area contributed by atoms with Crippen molar-refractivity contribution in [2.75, 3.05) is 4.72 Å². The van der Waals surface area contributed by atoms with Gasteiger partial charge in [0.15, 0.2) is 0 Å². The van der Waals surface area contributed by atoms with Crippen molar-refractivity contribution in [3.63, 3.8) is 0 Å². The second kappa shape index (κ2) is 6.56. The largest absolute Gasteiger partial charge is 0.323 e. The van der Waals surface area contributed by atoms with Crippen LogP contribution in [0.15, 0.2) is 52.5 Å². The van der Waals surface area contributed by atoms with Gasteiger partial charge in [-0.05, 0) is 42.8 Å². The smallest absolute Gasteiger partial charge is 0.263 e. The summed E-state index contributed by atoms with van der Waals surface area (Å²) in [5.74, 6) is 5.20. The predicted octanol–water partition coefficient (Wildman–Crippen LogP) is 3.48. The van der Waals surface area contributed by atoms with E-state index in [9.17, 15) is 8.42 Å². The molecule has 0 unspecified atom stereocenters. The van der Waals surface area contributed by atoms with Crippen LogP contribution in [-0.4, -0.2) is 14.1 Å². The van der Waals surface area contributed by atoms with Crippen LogP contribution >= 0.6 is 23.2 Å². The van der Waals surface area contributed by atoms with Gasteiger partial charge in [-0.3, -0.25) is 4.72 Å². The fourth-order valence-corrected chi connectivity index (χ4v) is 3.57. The fourth-order valence-electron chi connectivity index (χ4n) is 1.75. The van der Waals surface area contributed by atoms with Crippen molar-refractivity contribution in [2.24, 2.45) is 10.9 Å². The van der Waals surface area contributed by atoms with E-state index >= 15 is 0 Å². The number of nitrogens with one attached hydrogen (secondary N) is 1. The lowest BCUT2D eigenvalue weighted by atomic mass is 10.1. The molecule has 0 heterocycles. The third kappa shape index (κ3) is 3.71. The molecule has 22 heavy (non-hydrogen) atoms. The van der Waals surface area contributed by atoms with E-state index in [0.29, 0.717) is 11.4 Å². The highest BCUT2D eigenvalue weighted by Gasteiger charge is 2.18. The molecule has 5 nitrogen and oxygen atoms in total. The maximum atomic E-state index is 12.4. The van der Waals surface area contributed by atoms with Crippen LogP contribution in [-0.2, 0) is 10.0 Å². The SMILES string of the molecule is CC(=NN)c1ccc(NS(=O)(=O)c2cc(Cl)ccc2Cl)cc1. The number of rotatable bonds is 4. The molecular weight excluding hydrogens is 345 g/mol. The minimum atomic E-state index is -3.83. The average Bonchev–Trinajstić information content (AvgIpc) is 2.49. The van der Waals surface area contributed by atoms with E-state index < -0.39 is 10.0 Å². The monoisotopic (exact) mass is 357 g/mol. The highest BCUT2D eigenvalue weighted by atomic mass is 35.5. The van der Waals surface area contributed by atoms with Crippen molar-refractivity contribution in [1.82, 2.24) is 0 Å². The summed E-state index contributed by atoms with van der Waals surface area (Å²) < 4.78 is 27.1. The standard InChI is InChI=1S/C14H13Cl2N3O2S/c1-9(18-17)10-2-5-12(6-3-10)19-22(20,21)14-8-11(15)4-7-13(14)16/h2-8,19H,17H2,1H3. The number of halogens is 2. The van der Waals surface area contributed by atoms with Gasteiger partial charge in [0.1, 0.15) is 4.90 Å². The molecule has 0 aliphatic heterocycles. The number of hydrogen-bond acceptors (Lipinski definition) is 4. The van der Waals surface area contributed by atoms with Gasteiger partial charge in [0.2, 0.25) is 0 Å². The maximum Gasteiger partial charge on any atom is 0.263 e. The lowest BCUT2D eigenvalue weighted by Gasteiger charge is -2.10. The van der Waals surface area contributed by atoms with Crippen molar-refractivity contribution in [3.8, 4) is 0 Å². The highest BCUT2D eigenvalue weighted by Crippen LogP contribution is 2.26. The molecule has 0 bridgehead atoms. The summed E-state index contributed by atoms with van der Waals surface area (Å²) in [5, 5.41) is 3.96. The lowest BCUT2D eigenvalue weighted by Crippen LogP contribution is -2.13. The molecule has 0 aromatic heterocycles. The van der Waals surface area contributed by atoms with Crippen LogP contribution in [0.4, 0.5) is 5.69 Å². The Kier molecular flexibility index (Phi) is 4.95. The highest BCUT2D eigenvalue weighted by molar-refractivity contribution is 7.92. The zero-order valence-corrected chi connectivity index (χ0v) is 13.9. The van der Waals surface area contributed by atoms with Gasteiger partial charge in [-0.2, -0.15) is 5.10 Å². The Hall–Kier alpha value is -1.76. The fraction of sp³-hybridized carbons (Fsp3) is 0.0714. The molecule has 0 fully saturated rings. The van der Waals surface area contributed by atoms with E-state index in [4.69, 9.17) is 29.0 Å². The molecule has 0 amide bonds. The van der Waals surface area contributed by atoms with Crippen LogP contribution in [0, 0.1) is 0 Å². The van der Waals surface area contributed by atoms with Gasteiger partial charge in [0.25, 0.3) is 10.0 Å². The molecule has 2 aromatic rings. The van der Waals surface area contributed by atoms with E-state index in [0.717, 1.165) is 5.56 Å². The number of anilines is 1. The summed E-state index contributed by atoms with van der Waals surface area (Å²) >= 11 is 11.7. The van der Waals surface area contributed by atoms with Gasteiger partial charge < -0.3 is 5.84 Å². The Morgan fingerprint density at radius 2 is 1.77 bits per heavy atom. The van der Waals surface area contributed by atoms with Gasteiger partial charge in [-0.1, -0.05) is 35.3 Å². The van der Waals surface area contributed by atoms with Gasteiger partial charge in [0, 0.05) is 10.7 Å². The first-order chi connectivity index (χ1) is 10.3. The van der Waals surface area contributed by atoms with Crippen molar-refractivity contribution in [2.45, 2.75) is 11.8 Å². The van der Waals surface area contributed by atoms with E-state index in [-0.39, 0.29) is 14.9 Å². The van der Waals surface area contributed by atoms with Crippen LogP contribution < -0.4 is 10.6 Å². The van der Waals surface area contributed by atoms with Crippen LogP contribution in [0.3, 0.4) is 0 Å². The molecule has 0 saturated heterocycles. The summed E-state index contributed by atoms with van der Waals surface area (Å²) in [6.07, 6.45) is 0. The molecule has 2 rings (SSSR count). The number of hydrazone groups is 1. The first-order valence-electron chi connectivity index (χ1n) is 6.16.